The maximum Gasteiger partial charge on any atom is 0.328 e. The summed E-state index contributed by atoms with van der Waals surface area (Å²) in [6.45, 7) is 0.0849. The van der Waals surface area contributed by atoms with Crippen molar-refractivity contribution in [2.75, 3.05) is 19.7 Å². The molecule has 0 aliphatic carbocycles. The van der Waals surface area contributed by atoms with Crippen molar-refractivity contribution in [1.29, 1.82) is 5.41 Å². The Morgan fingerprint density at radius 1 is 1.09 bits per heavy atom. The molecule has 32 heavy (non-hydrogen) atoms. The van der Waals surface area contributed by atoms with Crippen LogP contribution in [0.5, 0.6) is 11.5 Å². The topological polar surface area (TPSA) is 187 Å². The largest absolute Gasteiger partial charge is 0.507 e. The SMILES string of the molecule is N=C(N)NCCOc1ccc(C(=O)NC[C@H](NC(=O)Cc2ccccc2)C(=O)O)c(O)c1. The van der Waals surface area contributed by atoms with E-state index in [-0.39, 0.29) is 43.4 Å². The van der Waals surface area contributed by atoms with E-state index in [2.05, 4.69) is 16.0 Å². The lowest BCUT2D eigenvalue weighted by Gasteiger charge is -2.16. The first-order valence-electron chi connectivity index (χ1n) is 9.64. The van der Waals surface area contributed by atoms with Gasteiger partial charge >= 0.3 is 5.97 Å². The summed E-state index contributed by atoms with van der Waals surface area (Å²) < 4.78 is 5.36. The predicted octanol–water partition coefficient (Wildman–Crippen LogP) is -0.204. The lowest BCUT2D eigenvalue weighted by Crippen LogP contribution is -2.48. The molecule has 0 aliphatic heterocycles. The van der Waals surface area contributed by atoms with Crippen molar-refractivity contribution in [1.82, 2.24) is 16.0 Å². The minimum atomic E-state index is -1.34. The number of amides is 2. The molecular weight excluding hydrogens is 418 g/mol. The fraction of sp³-hybridized carbons (Fsp3) is 0.238. The molecule has 0 bridgehead atoms. The maximum absolute atomic E-state index is 12.4. The Kier molecular flexibility index (Phi) is 8.84. The van der Waals surface area contributed by atoms with Crippen LogP contribution in [0.15, 0.2) is 48.5 Å². The van der Waals surface area contributed by atoms with E-state index < -0.39 is 23.8 Å². The highest BCUT2D eigenvalue weighted by Crippen LogP contribution is 2.23. The van der Waals surface area contributed by atoms with Gasteiger partial charge in [-0.2, -0.15) is 0 Å². The van der Waals surface area contributed by atoms with Gasteiger partial charge in [-0.1, -0.05) is 30.3 Å². The molecule has 2 amide bonds. The number of benzene rings is 2. The smallest absolute Gasteiger partial charge is 0.328 e. The molecule has 170 valence electrons. The van der Waals surface area contributed by atoms with Gasteiger partial charge in [0.15, 0.2) is 5.96 Å². The predicted molar refractivity (Wildman–Crippen MR) is 116 cm³/mol. The molecule has 2 aromatic rings. The second-order valence-electron chi connectivity index (χ2n) is 6.70. The molecule has 0 heterocycles. The number of carboxylic acids is 1. The van der Waals surface area contributed by atoms with Crippen LogP contribution < -0.4 is 26.4 Å². The Balaban J connectivity index is 1.88. The fourth-order valence-corrected chi connectivity index (χ4v) is 2.66. The van der Waals surface area contributed by atoms with Crippen molar-refractivity contribution < 1.29 is 29.3 Å². The van der Waals surface area contributed by atoms with Crippen LogP contribution in [0.3, 0.4) is 0 Å². The first-order chi connectivity index (χ1) is 15.3. The third-order valence-corrected chi connectivity index (χ3v) is 4.21. The number of guanidine groups is 1. The van der Waals surface area contributed by atoms with E-state index in [0.29, 0.717) is 5.75 Å². The van der Waals surface area contributed by atoms with E-state index in [1.165, 1.54) is 18.2 Å². The third-order valence-electron chi connectivity index (χ3n) is 4.21. The van der Waals surface area contributed by atoms with Gasteiger partial charge in [0.1, 0.15) is 24.1 Å². The van der Waals surface area contributed by atoms with Crippen LogP contribution in [0.25, 0.3) is 0 Å². The summed E-state index contributed by atoms with van der Waals surface area (Å²) in [6, 6.07) is 11.5. The number of carboxylic acid groups (broad SMARTS) is 1. The Labute approximate surface area is 184 Å². The quantitative estimate of drug-likeness (QED) is 0.141. The van der Waals surface area contributed by atoms with Gasteiger partial charge in [0.2, 0.25) is 5.91 Å². The van der Waals surface area contributed by atoms with Crippen LogP contribution in [0, 0.1) is 5.41 Å². The Bertz CT molecular complexity index is 966. The minimum Gasteiger partial charge on any atom is -0.507 e. The van der Waals surface area contributed by atoms with Crippen LogP contribution in [-0.4, -0.2) is 59.7 Å². The zero-order valence-electron chi connectivity index (χ0n) is 17.1. The van der Waals surface area contributed by atoms with Gasteiger partial charge in [-0.25, -0.2) is 4.79 Å². The van der Waals surface area contributed by atoms with E-state index in [1.54, 1.807) is 30.3 Å². The molecule has 0 radical (unpaired) electrons. The Morgan fingerprint density at radius 2 is 1.81 bits per heavy atom. The number of ether oxygens (including phenoxy) is 1. The molecule has 0 spiro atoms. The van der Waals surface area contributed by atoms with Gasteiger partial charge in [0.25, 0.3) is 5.91 Å². The Hall–Kier alpha value is -4.28. The molecule has 8 N–H and O–H groups in total. The van der Waals surface area contributed by atoms with Crippen molar-refractivity contribution in [3.63, 3.8) is 0 Å². The molecule has 1 atom stereocenters. The number of rotatable bonds is 11. The molecular formula is C21H25N5O6. The molecule has 11 heteroatoms. The van der Waals surface area contributed by atoms with Gasteiger partial charge in [-0.15, -0.1) is 0 Å². The van der Waals surface area contributed by atoms with Gasteiger partial charge < -0.3 is 36.6 Å². The first-order valence-corrected chi connectivity index (χ1v) is 9.64. The van der Waals surface area contributed by atoms with Crippen molar-refractivity contribution in [2.45, 2.75) is 12.5 Å². The van der Waals surface area contributed by atoms with E-state index in [1.807, 2.05) is 0 Å². The van der Waals surface area contributed by atoms with Gasteiger partial charge in [0.05, 0.1) is 18.5 Å². The fourth-order valence-electron chi connectivity index (χ4n) is 2.66. The summed E-state index contributed by atoms with van der Waals surface area (Å²) in [5, 5.41) is 33.8. The van der Waals surface area contributed by atoms with E-state index in [4.69, 9.17) is 15.9 Å². The summed E-state index contributed by atoms with van der Waals surface area (Å²) in [7, 11) is 0. The van der Waals surface area contributed by atoms with Gasteiger partial charge in [-0.3, -0.25) is 15.0 Å². The third kappa shape index (κ3) is 7.86. The van der Waals surface area contributed by atoms with E-state index in [9.17, 15) is 24.6 Å². The molecule has 0 saturated heterocycles. The van der Waals surface area contributed by atoms with Crippen molar-refractivity contribution in [3.8, 4) is 11.5 Å². The molecule has 0 fully saturated rings. The lowest BCUT2D eigenvalue weighted by molar-refractivity contribution is -0.141. The number of carbonyl (C=O) groups is 3. The zero-order chi connectivity index (χ0) is 23.5. The monoisotopic (exact) mass is 443 g/mol. The number of hydrogen-bond acceptors (Lipinski definition) is 6. The average molecular weight is 443 g/mol. The molecule has 2 rings (SSSR count). The average Bonchev–Trinajstić information content (AvgIpc) is 2.74. The summed E-state index contributed by atoms with van der Waals surface area (Å²) in [5.74, 6) is -2.78. The van der Waals surface area contributed by atoms with Crippen molar-refractivity contribution in [2.24, 2.45) is 5.73 Å². The standard InChI is InChI=1S/C21H25N5O6/c22-21(23)24-8-9-32-14-6-7-15(17(27)11-14)19(29)25-12-16(20(30)31)26-18(28)10-13-4-2-1-3-5-13/h1-7,11,16,27H,8-10,12H2,(H,25,29)(H,26,28)(H,30,31)(H4,22,23,24)/t16-/m0/s1. The van der Waals surface area contributed by atoms with E-state index >= 15 is 0 Å². The van der Waals surface area contributed by atoms with Crippen LogP contribution in [0.2, 0.25) is 0 Å². The van der Waals surface area contributed by atoms with E-state index in [0.717, 1.165) is 5.56 Å². The van der Waals surface area contributed by atoms with Crippen LogP contribution in [0.4, 0.5) is 0 Å². The number of phenols is 1. The Morgan fingerprint density at radius 3 is 2.44 bits per heavy atom. The highest BCUT2D eigenvalue weighted by molar-refractivity contribution is 5.97. The first kappa shape index (κ1) is 24.0. The highest BCUT2D eigenvalue weighted by Gasteiger charge is 2.22. The number of carbonyl (C=O) groups excluding carboxylic acids is 2. The number of hydrogen-bond donors (Lipinski definition) is 7. The summed E-state index contributed by atoms with van der Waals surface area (Å²) in [6.07, 6.45) is 0.00273. The summed E-state index contributed by atoms with van der Waals surface area (Å²) in [4.78, 5) is 35.9. The van der Waals surface area contributed by atoms with Crippen LogP contribution >= 0.6 is 0 Å². The molecule has 0 unspecified atom stereocenters. The van der Waals surface area contributed by atoms with Gasteiger partial charge in [0, 0.05) is 12.6 Å². The van der Waals surface area contributed by atoms with Crippen LogP contribution in [0.1, 0.15) is 15.9 Å². The number of aliphatic carboxylic acids is 1. The summed E-state index contributed by atoms with van der Waals surface area (Å²) >= 11 is 0. The molecule has 2 aromatic carbocycles. The zero-order valence-corrected chi connectivity index (χ0v) is 17.1. The molecule has 11 nitrogen and oxygen atoms in total. The van der Waals surface area contributed by atoms with Crippen molar-refractivity contribution >= 4 is 23.7 Å². The second kappa shape index (κ2) is 11.8. The minimum absolute atomic E-state index is 0.00273. The number of aromatic hydroxyl groups is 1. The molecule has 0 saturated carbocycles. The van der Waals surface area contributed by atoms with Crippen molar-refractivity contribution in [3.05, 3.63) is 59.7 Å². The molecule has 0 aliphatic rings. The normalized spacial score (nSPS) is 11.1. The van der Waals surface area contributed by atoms with Gasteiger partial charge in [-0.05, 0) is 17.7 Å². The number of nitrogens with two attached hydrogens (primary N) is 1. The van der Waals surface area contributed by atoms with Crippen LogP contribution in [-0.2, 0) is 16.0 Å². The summed E-state index contributed by atoms with van der Waals surface area (Å²) in [5.41, 5.74) is 5.79. The molecule has 0 aromatic heterocycles. The number of phenolic OH excluding ortho intramolecular Hbond substituents is 1. The lowest BCUT2D eigenvalue weighted by atomic mass is 10.1. The highest BCUT2D eigenvalue weighted by atomic mass is 16.5. The maximum atomic E-state index is 12.4. The number of nitrogens with one attached hydrogen (secondary N) is 4. The second-order valence-corrected chi connectivity index (χ2v) is 6.70.